The van der Waals surface area contributed by atoms with Crippen molar-refractivity contribution in [2.75, 3.05) is 6.54 Å². The summed E-state index contributed by atoms with van der Waals surface area (Å²) in [5, 5.41) is 5.63. The smallest absolute Gasteiger partial charge is 0.0922 e. The molecule has 2 fully saturated rings. The van der Waals surface area contributed by atoms with Crippen LogP contribution in [0.15, 0.2) is 24.5 Å². The summed E-state index contributed by atoms with van der Waals surface area (Å²) in [6.07, 6.45) is 11.3. The molecule has 2 heterocycles. The van der Waals surface area contributed by atoms with Crippen molar-refractivity contribution < 1.29 is 0 Å². The molecular weight excluding hydrogens is 308 g/mol. The number of hydrogen-bond acceptors (Lipinski definition) is 3. The van der Waals surface area contributed by atoms with Crippen LogP contribution in [0.2, 0.25) is 5.02 Å². The first kappa shape index (κ1) is 15.2. The highest BCUT2D eigenvalue weighted by Gasteiger charge is 2.35. The number of hydrogen-bond donors (Lipinski definition) is 1. The van der Waals surface area contributed by atoms with Gasteiger partial charge in [-0.15, -0.1) is 0 Å². The van der Waals surface area contributed by atoms with E-state index in [0.29, 0.717) is 17.0 Å². The summed E-state index contributed by atoms with van der Waals surface area (Å²) in [4.78, 5) is 4.49. The van der Waals surface area contributed by atoms with Crippen molar-refractivity contribution in [2.45, 2.75) is 50.5 Å². The maximum absolute atomic E-state index is 6.36. The van der Waals surface area contributed by atoms with E-state index in [-0.39, 0.29) is 0 Å². The number of rotatable bonds is 6. The van der Waals surface area contributed by atoms with Crippen LogP contribution in [-0.4, -0.2) is 21.3 Å². The van der Waals surface area contributed by atoms with Crippen molar-refractivity contribution in [1.82, 2.24) is 14.8 Å². The number of halogens is 1. The van der Waals surface area contributed by atoms with Crippen LogP contribution in [-0.2, 0) is 0 Å². The van der Waals surface area contributed by atoms with Gasteiger partial charge >= 0.3 is 0 Å². The minimum absolute atomic E-state index is 0.534. The van der Waals surface area contributed by atoms with Crippen LogP contribution in [0.4, 0.5) is 0 Å². The van der Waals surface area contributed by atoms with E-state index in [0.717, 1.165) is 30.1 Å². The van der Waals surface area contributed by atoms with Gasteiger partial charge in [0.25, 0.3) is 0 Å². The molecule has 0 amide bonds. The molecule has 0 aliphatic heterocycles. The van der Waals surface area contributed by atoms with E-state index in [4.69, 9.17) is 22.4 Å². The third-order valence-electron chi connectivity index (χ3n) is 5.14. The van der Waals surface area contributed by atoms with Crippen molar-refractivity contribution in [3.05, 3.63) is 35.2 Å². The zero-order valence-electron chi connectivity index (χ0n) is 13.3. The molecule has 0 aromatic carbocycles. The van der Waals surface area contributed by atoms with Crippen LogP contribution < -0.4 is 5.73 Å². The van der Waals surface area contributed by atoms with Gasteiger partial charge in [0, 0.05) is 23.9 Å². The molecule has 4 rings (SSSR count). The number of nitrogens with zero attached hydrogens (tertiary/aromatic N) is 3. The molecule has 23 heavy (non-hydrogen) atoms. The Morgan fingerprint density at radius 3 is 2.83 bits per heavy atom. The van der Waals surface area contributed by atoms with Crippen LogP contribution in [0.3, 0.4) is 0 Å². The lowest BCUT2D eigenvalue weighted by molar-refractivity contribution is 0.171. The van der Waals surface area contributed by atoms with Gasteiger partial charge in [0.05, 0.1) is 22.5 Å². The Morgan fingerprint density at radius 2 is 2.13 bits per heavy atom. The monoisotopic (exact) mass is 330 g/mol. The number of pyridine rings is 1. The summed E-state index contributed by atoms with van der Waals surface area (Å²) in [7, 11) is 0. The van der Waals surface area contributed by atoms with Crippen molar-refractivity contribution >= 4 is 11.6 Å². The first-order valence-corrected chi connectivity index (χ1v) is 9.04. The van der Waals surface area contributed by atoms with E-state index in [2.05, 4.69) is 15.9 Å². The standard InChI is InChI=1S/C18H23ClN4/c19-16-4-2-8-21-18(16)15-11-23(22-17(15)13-5-6-13)14-9-12(10-14)3-1-7-20/h2,4,8,11-14H,1,3,5-7,9-10,20H2. The summed E-state index contributed by atoms with van der Waals surface area (Å²) in [6, 6.07) is 4.32. The highest BCUT2D eigenvalue weighted by atomic mass is 35.5. The Bertz CT molecular complexity index is 686. The van der Waals surface area contributed by atoms with Crippen molar-refractivity contribution in [3.63, 3.8) is 0 Å². The molecule has 4 nitrogen and oxygen atoms in total. The molecule has 0 spiro atoms. The molecular formula is C18H23ClN4. The zero-order chi connectivity index (χ0) is 15.8. The van der Waals surface area contributed by atoms with Gasteiger partial charge in [-0.05, 0) is 63.1 Å². The lowest BCUT2D eigenvalue weighted by Crippen LogP contribution is -2.27. The van der Waals surface area contributed by atoms with Crippen molar-refractivity contribution in [3.8, 4) is 11.3 Å². The minimum atomic E-state index is 0.534. The van der Waals surface area contributed by atoms with E-state index >= 15 is 0 Å². The van der Waals surface area contributed by atoms with Gasteiger partial charge in [-0.2, -0.15) is 5.10 Å². The third-order valence-corrected chi connectivity index (χ3v) is 5.44. The minimum Gasteiger partial charge on any atom is -0.330 e. The molecule has 122 valence electrons. The van der Waals surface area contributed by atoms with Gasteiger partial charge in [-0.3, -0.25) is 9.67 Å². The lowest BCUT2D eigenvalue weighted by Gasteiger charge is -2.35. The highest BCUT2D eigenvalue weighted by Crippen LogP contribution is 2.46. The summed E-state index contributed by atoms with van der Waals surface area (Å²) in [5.41, 5.74) is 8.80. The Hall–Kier alpha value is -1.39. The van der Waals surface area contributed by atoms with E-state index in [1.54, 1.807) is 6.20 Å². The topological polar surface area (TPSA) is 56.7 Å². The zero-order valence-corrected chi connectivity index (χ0v) is 14.0. The van der Waals surface area contributed by atoms with Gasteiger partial charge in [0.2, 0.25) is 0 Å². The van der Waals surface area contributed by atoms with Gasteiger partial charge in [0.15, 0.2) is 0 Å². The second-order valence-electron chi connectivity index (χ2n) is 6.94. The first-order chi connectivity index (χ1) is 11.3. The van der Waals surface area contributed by atoms with Gasteiger partial charge in [-0.25, -0.2) is 0 Å². The summed E-state index contributed by atoms with van der Waals surface area (Å²) in [5.74, 6) is 1.41. The second kappa shape index (κ2) is 6.25. The third kappa shape index (κ3) is 3.02. The SMILES string of the molecule is NCCCC1CC(n2cc(-c3ncccc3Cl)c(C3CC3)n2)C1. The summed E-state index contributed by atoms with van der Waals surface area (Å²) >= 11 is 6.36. The van der Waals surface area contributed by atoms with Gasteiger partial charge < -0.3 is 5.73 Å². The first-order valence-electron chi connectivity index (χ1n) is 8.66. The molecule has 2 aromatic heterocycles. The second-order valence-corrected chi connectivity index (χ2v) is 7.35. The summed E-state index contributed by atoms with van der Waals surface area (Å²) < 4.78 is 2.17. The molecule has 2 aliphatic rings. The predicted octanol–water partition coefficient (Wildman–Crippen LogP) is 4.17. The Morgan fingerprint density at radius 1 is 1.30 bits per heavy atom. The summed E-state index contributed by atoms with van der Waals surface area (Å²) in [6.45, 7) is 0.803. The van der Waals surface area contributed by atoms with Crippen LogP contribution in [0.25, 0.3) is 11.3 Å². The average Bonchev–Trinajstić information content (AvgIpc) is 3.27. The fraction of sp³-hybridized carbons (Fsp3) is 0.556. The normalized spacial score (nSPS) is 23.7. The van der Waals surface area contributed by atoms with E-state index < -0.39 is 0 Å². The average molecular weight is 331 g/mol. The molecule has 5 heteroatoms. The van der Waals surface area contributed by atoms with Crippen molar-refractivity contribution in [1.29, 1.82) is 0 Å². The van der Waals surface area contributed by atoms with Crippen molar-refractivity contribution in [2.24, 2.45) is 11.7 Å². The maximum atomic E-state index is 6.36. The molecule has 0 unspecified atom stereocenters. The number of aromatic nitrogens is 3. The molecule has 2 N–H and O–H groups in total. The van der Waals surface area contributed by atoms with Gasteiger partial charge in [0.1, 0.15) is 0 Å². The van der Waals surface area contributed by atoms with Gasteiger partial charge in [-0.1, -0.05) is 11.6 Å². The van der Waals surface area contributed by atoms with Crippen LogP contribution in [0.1, 0.15) is 56.2 Å². The van der Waals surface area contributed by atoms with Crippen LogP contribution in [0.5, 0.6) is 0 Å². The quantitative estimate of drug-likeness (QED) is 0.865. The maximum Gasteiger partial charge on any atom is 0.0922 e. The molecule has 0 radical (unpaired) electrons. The number of nitrogens with two attached hydrogens (primary N) is 1. The van der Waals surface area contributed by atoms with E-state index in [1.165, 1.54) is 37.8 Å². The van der Waals surface area contributed by atoms with E-state index in [1.807, 2.05) is 12.1 Å². The molecule has 2 aromatic rings. The lowest BCUT2D eigenvalue weighted by atomic mass is 9.77. The molecule has 2 aliphatic carbocycles. The fourth-order valence-corrected chi connectivity index (χ4v) is 3.80. The molecule has 2 saturated carbocycles. The Kier molecular flexibility index (Phi) is 4.12. The largest absolute Gasteiger partial charge is 0.330 e. The van der Waals surface area contributed by atoms with E-state index in [9.17, 15) is 0 Å². The molecule has 0 saturated heterocycles. The van der Waals surface area contributed by atoms with Crippen LogP contribution >= 0.6 is 11.6 Å². The fourth-order valence-electron chi connectivity index (χ4n) is 3.58. The Labute approximate surface area is 142 Å². The predicted molar refractivity (Wildman–Crippen MR) is 92.5 cm³/mol. The molecule has 0 atom stereocenters. The Balaban J connectivity index is 1.57. The highest BCUT2D eigenvalue weighted by molar-refractivity contribution is 6.33. The van der Waals surface area contributed by atoms with Crippen LogP contribution in [0, 0.1) is 5.92 Å². The molecule has 0 bridgehead atoms.